The molecule has 2 atom stereocenters. The molecule has 2 aromatic rings. The number of unbranched alkanes of at least 4 members (excludes halogenated alkanes) is 1. The van der Waals surface area contributed by atoms with Crippen LogP contribution in [0.3, 0.4) is 0 Å². The molecule has 0 unspecified atom stereocenters. The lowest BCUT2D eigenvalue weighted by atomic mass is 9.92. The number of aryl methyl sites for hydroxylation is 1. The summed E-state index contributed by atoms with van der Waals surface area (Å²) in [5.74, 6) is 6.51. The zero-order valence-corrected chi connectivity index (χ0v) is 15.9. The first kappa shape index (κ1) is 19.2. The number of benzene rings is 2. The zero-order valence-electron chi connectivity index (χ0n) is 15.9. The van der Waals surface area contributed by atoms with Crippen molar-refractivity contribution < 1.29 is 9.53 Å². The number of rotatable bonds is 5. The number of carbonyl (C=O) groups is 1. The van der Waals surface area contributed by atoms with Gasteiger partial charge in [0.05, 0.1) is 7.11 Å². The lowest BCUT2D eigenvalue weighted by molar-refractivity contribution is -0.146. The molecule has 1 fully saturated rings. The van der Waals surface area contributed by atoms with Crippen LogP contribution in [0.15, 0.2) is 54.6 Å². The smallest absolute Gasteiger partial charge is 0.325 e. The molecule has 0 radical (unpaired) electrons. The number of hydrogen-bond donors (Lipinski definition) is 1. The van der Waals surface area contributed by atoms with Gasteiger partial charge < -0.3 is 10.5 Å². The number of methoxy groups -OCH3 is 1. The van der Waals surface area contributed by atoms with Crippen molar-refractivity contribution in [1.29, 1.82) is 0 Å². The molecule has 3 heteroatoms. The standard InChI is InChI=1S/C24H27NO2/c1-27-23(26)24(25)17-16-22(18-24)21-14-12-20(13-15-21)11-7-3-6-10-19-8-4-2-5-9-19/h2,4-5,8-9,12-15,22H,3,6,10,16-18,25H2,1H3/t22-,24-/m1/s1. The molecule has 2 N–H and O–H groups in total. The Morgan fingerprint density at radius 1 is 1.19 bits per heavy atom. The lowest BCUT2D eigenvalue weighted by Gasteiger charge is -2.20. The fourth-order valence-corrected chi connectivity index (χ4v) is 3.78. The van der Waals surface area contributed by atoms with Gasteiger partial charge in [-0.2, -0.15) is 0 Å². The van der Waals surface area contributed by atoms with Gasteiger partial charge in [0.25, 0.3) is 0 Å². The van der Waals surface area contributed by atoms with Gasteiger partial charge in [-0.25, -0.2) is 0 Å². The summed E-state index contributed by atoms with van der Waals surface area (Å²) in [6.45, 7) is 0. The monoisotopic (exact) mass is 361 g/mol. The highest BCUT2D eigenvalue weighted by atomic mass is 16.5. The van der Waals surface area contributed by atoms with Crippen molar-refractivity contribution in [1.82, 2.24) is 0 Å². The number of esters is 1. The van der Waals surface area contributed by atoms with Crippen molar-refractivity contribution in [2.45, 2.75) is 50.0 Å². The van der Waals surface area contributed by atoms with Gasteiger partial charge in [0, 0.05) is 12.0 Å². The van der Waals surface area contributed by atoms with Crippen LogP contribution in [0, 0.1) is 11.8 Å². The molecule has 0 spiro atoms. The summed E-state index contributed by atoms with van der Waals surface area (Å²) >= 11 is 0. The maximum Gasteiger partial charge on any atom is 0.325 e. The van der Waals surface area contributed by atoms with Gasteiger partial charge in [0.2, 0.25) is 0 Å². The van der Waals surface area contributed by atoms with Gasteiger partial charge >= 0.3 is 5.97 Å². The Balaban J connectivity index is 1.50. The second-order valence-electron chi connectivity index (χ2n) is 7.35. The summed E-state index contributed by atoms with van der Waals surface area (Å²) in [4.78, 5) is 11.9. The van der Waals surface area contributed by atoms with Gasteiger partial charge in [-0.1, -0.05) is 54.3 Å². The highest BCUT2D eigenvalue weighted by Crippen LogP contribution is 2.40. The number of ether oxygens (including phenoxy) is 1. The Bertz CT molecular complexity index is 817. The van der Waals surface area contributed by atoms with Crippen LogP contribution in [0.4, 0.5) is 0 Å². The van der Waals surface area contributed by atoms with Crippen molar-refractivity contribution in [3.63, 3.8) is 0 Å². The molecular formula is C24H27NO2. The molecule has 0 aliphatic heterocycles. The normalized spacial score (nSPS) is 21.3. The van der Waals surface area contributed by atoms with Crippen LogP contribution in [0.5, 0.6) is 0 Å². The van der Waals surface area contributed by atoms with E-state index in [0.29, 0.717) is 18.8 Å². The van der Waals surface area contributed by atoms with E-state index in [1.165, 1.54) is 18.2 Å². The van der Waals surface area contributed by atoms with Crippen molar-refractivity contribution in [3.8, 4) is 11.8 Å². The Labute approximate surface area is 161 Å². The quantitative estimate of drug-likeness (QED) is 0.493. The summed E-state index contributed by atoms with van der Waals surface area (Å²) in [5, 5.41) is 0. The molecule has 3 nitrogen and oxygen atoms in total. The number of hydrogen-bond acceptors (Lipinski definition) is 3. The topological polar surface area (TPSA) is 52.3 Å². The predicted octanol–water partition coefficient (Wildman–Crippen LogP) is 4.20. The predicted molar refractivity (Wildman–Crippen MR) is 108 cm³/mol. The van der Waals surface area contributed by atoms with E-state index in [1.54, 1.807) is 0 Å². The first-order chi connectivity index (χ1) is 13.1. The van der Waals surface area contributed by atoms with E-state index in [1.807, 2.05) is 6.07 Å². The van der Waals surface area contributed by atoms with Gasteiger partial charge in [0.15, 0.2) is 0 Å². The van der Waals surface area contributed by atoms with Crippen LogP contribution in [0.2, 0.25) is 0 Å². The van der Waals surface area contributed by atoms with E-state index < -0.39 is 5.54 Å². The van der Waals surface area contributed by atoms with Gasteiger partial charge in [-0.3, -0.25) is 4.79 Å². The molecule has 1 saturated carbocycles. The van der Waals surface area contributed by atoms with Crippen molar-refractivity contribution >= 4 is 5.97 Å². The second-order valence-corrected chi connectivity index (χ2v) is 7.35. The Hall–Kier alpha value is -2.57. The van der Waals surface area contributed by atoms with E-state index in [4.69, 9.17) is 10.5 Å². The van der Waals surface area contributed by atoms with Crippen molar-refractivity contribution in [3.05, 3.63) is 71.3 Å². The van der Waals surface area contributed by atoms with E-state index in [9.17, 15) is 4.79 Å². The van der Waals surface area contributed by atoms with Crippen molar-refractivity contribution in [2.24, 2.45) is 5.73 Å². The molecule has 0 saturated heterocycles. The average Bonchev–Trinajstić information content (AvgIpc) is 3.12. The maximum absolute atomic E-state index is 11.9. The third-order valence-corrected chi connectivity index (χ3v) is 5.37. The fourth-order valence-electron chi connectivity index (χ4n) is 3.78. The maximum atomic E-state index is 11.9. The highest BCUT2D eigenvalue weighted by molar-refractivity contribution is 5.81. The molecule has 27 heavy (non-hydrogen) atoms. The first-order valence-corrected chi connectivity index (χ1v) is 9.61. The Kier molecular flexibility index (Phi) is 6.32. The van der Waals surface area contributed by atoms with Crippen LogP contribution in [0.25, 0.3) is 0 Å². The first-order valence-electron chi connectivity index (χ1n) is 9.61. The van der Waals surface area contributed by atoms with E-state index in [0.717, 1.165) is 31.2 Å². The van der Waals surface area contributed by atoms with Crippen LogP contribution in [-0.2, 0) is 16.0 Å². The summed E-state index contributed by atoms with van der Waals surface area (Å²) in [5.41, 5.74) is 8.99. The summed E-state index contributed by atoms with van der Waals surface area (Å²) in [7, 11) is 1.40. The molecule has 0 heterocycles. The van der Waals surface area contributed by atoms with Crippen LogP contribution < -0.4 is 5.73 Å². The number of carbonyl (C=O) groups excluding carboxylic acids is 1. The minimum Gasteiger partial charge on any atom is -0.468 e. The Morgan fingerprint density at radius 2 is 1.93 bits per heavy atom. The molecule has 0 amide bonds. The van der Waals surface area contributed by atoms with Crippen LogP contribution >= 0.6 is 0 Å². The molecule has 2 aromatic carbocycles. The van der Waals surface area contributed by atoms with Crippen molar-refractivity contribution in [2.75, 3.05) is 7.11 Å². The molecule has 3 rings (SSSR count). The van der Waals surface area contributed by atoms with Gasteiger partial charge in [-0.05, 0) is 61.3 Å². The third-order valence-electron chi connectivity index (χ3n) is 5.37. The highest BCUT2D eigenvalue weighted by Gasteiger charge is 2.43. The molecular weight excluding hydrogens is 334 g/mol. The lowest BCUT2D eigenvalue weighted by Crippen LogP contribution is -2.46. The third kappa shape index (κ3) is 4.99. The largest absolute Gasteiger partial charge is 0.468 e. The Morgan fingerprint density at radius 3 is 2.63 bits per heavy atom. The summed E-state index contributed by atoms with van der Waals surface area (Å²) in [6.07, 6.45) is 5.27. The molecule has 0 bridgehead atoms. The second kappa shape index (κ2) is 8.88. The van der Waals surface area contributed by atoms with E-state index >= 15 is 0 Å². The molecule has 140 valence electrons. The summed E-state index contributed by atoms with van der Waals surface area (Å²) < 4.78 is 4.85. The fraction of sp³-hybridized carbons (Fsp3) is 0.375. The molecule has 1 aliphatic carbocycles. The average molecular weight is 361 g/mol. The van der Waals surface area contributed by atoms with Crippen LogP contribution in [0.1, 0.15) is 54.7 Å². The van der Waals surface area contributed by atoms with E-state index in [-0.39, 0.29) is 5.97 Å². The minimum absolute atomic E-state index is 0.303. The van der Waals surface area contributed by atoms with Gasteiger partial charge in [-0.15, -0.1) is 0 Å². The SMILES string of the molecule is COC(=O)[C@@]1(N)CC[C@@H](c2ccc(C#CCCCc3ccccc3)cc2)C1. The molecule has 1 aliphatic rings. The van der Waals surface area contributed by atoms with Crippen LogP contribution in [-0.4, -0.2) is 18.6 Å². The molecule has 0 aromatic heterocycles. The number of nitrogens with two attached hydrogens (primary N) is 1. The van der Waals surface area contributed by atoms with Gasteiger partial charge in [0.1, 0.15) is 5.54 Å². The minimum atomic E-state index is -0.837. The van der Waals surface area contributed by atoms with E-state index in [2.05, 4.69) is 60.4 Å². The zero-order chi connectivity index (χ0) is 19.1. The summed E-state index contributed by atoms with van der Waals surface area (Å²) in [6, 6.07) is 18.9.